The molecule has 0 fully saturated rings. The van der Waals surface area contributed by atoms with Gasteiger partial charge < -0.3 is 5.73 Å². The number of hydrogen-bond acceptors (Lipinski definition) is 4. The molecule has 5 nitrogen and oxygen atoms in total. The molecule has 78 valence electrons. The van der Waals surface area contributed by atoms with Crippen LogP contribution in [-0.2, 0) is 10.0 Å². The first-order chi connectivity index (χ1) is 5.70. The molecule has 13 heavy (non-hydrogen) atoms. The Bertz CT molecular complexity index is 287. The van der Waals surface area contributed by atoms with Crippen LogP contribution in [0.2, 0.25) is 0 Å². The van der Waals surface area contributed by atoms with Gasteiger partial charge in [-0.15, -0.1) is 0 Å². The van der Waals surface area contributed by atoms with Gasteiger partial charge in [-0.05, 0) is 27.7 Å². The molecule has 6 heteroatoms. The van der Waals surface area contributed by atoms with Gasteiger partial charge >= 0.3 is 0 Å². The summed E-state index contributed by atoms with van der Waals surface area (Å²) < 4.78 is 22.0. The normalized spacial score (nSPS) is 14.4. The number of nitrogens with one attached hydrogen (secondary N) is 1. The topological polar surface area (TPSA) is 84.5 Å². The second-order valence-corrected chi connectivity index (χ2v) is 6.17. The van der Waals surface area contributed by atoms with Crippen molar-refractivity contribution >= 4 is 15.7 Å². The average molecular weight is 207 g/mol. The van der Waals surface area contributed by atoms with Gasteiger partial charge in [-0.2, -0.15) is 5.10 Å². The third-order valence-corrected chi connectivity index (χ3v) is 3.40. The van der Waals surface area contributed by atoms with Crippen molar-refractivity contribution < 1.29 is 8.42 Å². The molecule has 0 aromatic carbocycles. The highest BCUT2D eigenvalue weighted by Crippen LogP contribution is 2.12. The van der Waals surface area contributed by atoms with Crippen LogP contribution < -0.4 is 10.6 Å². The Hall–Kier alpha value is -0.620. The van der Waals surface area contributed by atoms with Crippen LogP contribution >= 0.6 is 0 Å². The molecule has 0 unspecified atom stereocenters. The summed E-state index contributed by atoms with van der Waals surface area (Å²) in [6, 6.07) is 0. The van der Waals surface area contributed by atoms with E-state index in [0.717, 1.165) is 0 Å². The van der Waals surface area contributed by atoms with Crippen molar-refractivity contribution in [1.82, 2.24) is 4.83 Å². The van der Waals surface area contributed by atoms with E-state index in [1.807, 2.05) is 0 Å². The van der Waals surface area contributed by atoms with E-state index in [4.69, 9.17) is 5.73 Å². The Kier molecular flexibility index (Phi) is 3.87. The minimum atomic E-state index is -3.40. The molecule has 0 bridgehead atoms. The van der Waals surface area contributed by atoms with E-state index in [0.29, 0.717) is 5.71 Å². The summed E-state index contributed by atoms with van der Waals surface area (Å²) in [7, 11) is -3.40. The molecule has 0 heterocycles. The summed E-state index contributed by atoms with van der Waals surface area (Å²) in [6.07, 6.45) is 0. The standard InChI is InChI=1S/C7H17N3O2S/c1-6(5-8)9-10-13(11,12)7(2,3)4/h10H,5,8H2,1-4H3/b9-6+. The predicted octanol–water partition coefficient (Wildman–Crippen LogP) is 0.0389. The fraction of sp³-hybridized carbons (Fsp3) is 0.857. The van der Waals surface area contributed by atoms with Gasteiger partial charge in [-0.3, -0.25) is 0 Å². The van der Waals surface area contributed by atoms with Gasteiger partial charge in [0.2, 0.25) is 0 Å². The molecule has 0 radical (unpaired) electrons. The van der Waals surface area contributed by atoms with Crippen molar-refractivity contribution in [3.8, 4) is 0 Å². The summed E-state index contributed by atoms with van der Waals surface area (Å²) >= 11 is 0. The van der Waals surface area contributed by atoms with E-state index in [2.05, 4.69) is 9.93 Å². The Balaban J connectivity index is 4.57. The number of nitrogens with two attached hydrogens (primary N) is 1. The first-order valence-corrected chi connectivity index (χ1v) is 5.43. The van der Waals surface area contributed by atoms with E-state index >= 15 is 0 Å². The number of hydrogen-bond donors (Lipinski definition) is 2. The fourth-order valence-corrected chi connectivity index (χ4v) is 0.870. The van der Waals surface area contributed by atoms with Crippen LogP contribution in [0.5, 0.6) is 0 Å². The molecular weight excluding hydrogens is 190 g/mol. The van der Waals surface area contributed by atoms with Gasteiger partial charge in [-0.25, -0.2) is 13.2 Å². The summed E-state index contributed by atoms with van der Waals surface area (Å²) in [4.78, 5) is 2.13. The van der Waals surface area contributed by atoms with E-state index < -0.39 is 14.8 Å². The summed E-state index contributed by atoms with van der Waals surface area (Å²) in [5.41, 5.74) is 5.79. The van der Waals surface area contributed by atoms with Crippen molar-refractivity contribution in [1.29, 1.82) is 0 Å². The van der Waals surface area contributed by atoms with Crippen molar-refractivity contribution in [3.63, 3.8) is 0 Å². The monoisotopic (exact) mass is 207 g/mol. The predicted molar refractivity (Wildman–Crippen MR) is 54.0 cm³/mol. The van der Waals surface area contributed by atoms with Crippen LogP contribution in [0, 0.1) is 0 Å². The second kappa shape index (κ2) is 4.06. The van der Waals surface area contributed by atoms with Crippen LogP contribution in [-0.4, -0.2) is 25.4 Å². The zero-order valence-corrected chi connectivity index (χ0v) is 9.27. The number of nitrogens with zero attached hydrogens (tertiary/aromatic N) is 1. The molecule has 0 aromatic heterocycles. The minimum absolute atomic E-state index is 0.243. The van der Waals surface area contributed by atoms with Crippen molar-refractivity contribution in [2.24, 2.45) is 10.8 Å². The van der Waals surface area contributed by atoms with E-state index in [1.165, 1.54) is 0 Å². The average Bonchev–Trinajstić information content (AvgIpc) is 1.98. The largest absolute Gasteiger partial charge is 0.325 e. The van der Waals surface area contributed by atoms with Crippen LogP contribution in [0.3, 0.4) is 0 Å². The Morgan fingerprint density at radius 1 is 1.46 bits per heavy atom. The van der Waals surface area contributed by atoms with Crippen LogP contribution in [0.1, 0.15) is 27.7 Å². The maximum Gasteiger partial charge on any atom is 0.252 e. The lowest BCUT2D eigenvalue weighted by Crippen LogP contribution is -2.37. The van der Waals surface area contributed by atoms with E-state index in [1.54, 1.807) is 27.7 Å². The molecule has 0 aromatic rings. The van der Waals surface area contributed by atoms with E-state index in [9.17, 15) is 8.42 Å². The molecule has 0 aliphatic carbocycles. The van der Waals surface area contributed by atoms with Gasteiger partial charge in [0, 0.05) is 12.3 Å². The molecule has 3 N–H and O–H groups in total. The molecule has 0 saturated heterocycles. The zero-order valence-electron chi connectivity index (χ0n) is 8.46. The quantitative estimate of drug-likeness (QED) is 0.506. The van der Waals surface area contributed by atoms with Gasteiger partial charge in [-0.1, -0.05) is 0 Å². The highest BCUT2D eigenvalue weighted by Gasteiger charge is 2.28. The summed E-state index contributed by atoms with van der Waals surface area (Å²) in [6.45, 7) is 6.70. The van der Waals surface area contributed by atoms with Gasteiger partial charge in [0.15, 0.2) is 0 Å². The molecule has 0 saturated carbocycles. The van der Waals surface area contributed by atoms with Gasteiger partial charge in [0.05, 0.1) is 4.75 Å². The Labute approximate surface area is 79.4 Å². The van der Waals surface area contributed by atoms with Crippen LogP contribution in [0.4, 0.5) is 0 Å². The molecule has 0 atom stereocenters. The number of sulfonamides is 1. The minimum Gasteiger partial charge on any atom is -0.325 e. The van der Waals surface area contributed by atoms with Gasteiger partial charge in [0.1, 0.15) is 0 Å². The first-order valence-electron chi connectivity index (χ1n) is 3.95. The number of rotatable bonds is 3. The lowest BCUT2D eigenvalue weighted by Gasteiger charge is -2.17. The summed E-state index contributed by atoms with van der Waals surface area (Å²) in [5, 5.41) is 3.63. The Morgan fingerprint density at radius 3 is 2.23 bits per heavy atom. The van der Waals surface area contributed by atoms with Crippen molar-refractivity contribution in [2.75, 3.05) is 6.54 Å². The molecule has 0 spiro atoms. The SMILES string of the molecule is C/C(CN)=N\NS(=O)(=O)C(C)(C)C. The molecule has 0 aliphatic heterocycles. The first kappa shape index (κ1) is 12.4. The fourth-order valence-electron chi connectivity index (χ4n) is 0.321. The maximum absolute atomic E-state index is 11.4. The highest BCUT2D eigenvalue weighted by molar-refractivity contribution is 7.90. The Morgan fingerprint density at radius 2 is 1.92 bits per heavy atom. The van der Waals surface area contributed by atoms with Crippen LogP contribution in [0.25, 0.3) is 0 Å². The number of hydrazone groups is 1. The lowest BCUT2D eigenvalue weighted by atomic mass is 10.3. The van der Waals surface area contributed by atoms with E-state index in [-0.39, 0.29) is 6.54 Å². The summed E-state index contributed by atoms with van der Waals surface area (Å²) in [5.74, 6) is 0. The highest BCUT2D eigenvalue weighted by atomic mass is 32.2. The third-order valence-electron chi connectivity index (χ3n) is 1.46. The molecule has 0 aliphatic rings. The molecule has 0 rings (SSSR count). The second-order valence-electron chi connectivity index (χ2n) is 3.76. The van der Waals surface area contributed by atoms with Crippen molar-refractivity contribution in [3.05, 3.63) is 0 Å². The van der Waals surface area contributed by atoms with Gasteiger partial charge in [0.25, 0.3) is 10.0 Å². The third kappa shape index (κ3) is 3.73. The lowest BCUT2D eigenvalue weighted by molar-refractivity contribution is 0.547. The van der Waals surface area contributed by atoms with Crippen LogP contribution in [0.15, 0.2) is 5.10 Å². The molecular formula is C7H17N3O2S. The van der Waals surface area contributed by atoms with Crippen molar-refractivity contribution in [2.45, 2.75) is 32.4 Å². The molecule has 0 amide bonds. The maximum atomic E-state index is 11.4. The smallest absolute Gasteiger partial charge is 0.252 e. The zero-order chi connectivity index (χ0) is 10.7.